The summed E-state index contributed by atoms with van der Waals surface area (Å²) in [5.41, 5.74) is 7.38. The van der Waals surface area contributed by atoms with E-state index in [0.717, 1.165) is 41.5 Å². The van der Waals surface area contributed by atoms with Gasteiger partial charge in [-0.2, -0.15) is 0 Å². The first-order chi connectivity index (χ1) is 23.1. The summed E-state index contributed by atoms with van der Waals surface area (Å²) in [7, 11) is -3.88. The van der Waals surface area contributed by atoms with Crippen molar-refractivity contribution < 1.29 is 37.2 Å². The Bertz CT molecular complexity index is 1780. The van der Waals surface area contributed by atoms with Gasteiger partial charge in [-0.15, -0.1) is 6.58 Å². The van der Waals surface area contributed by atoms with Gasteiger partial charge >= 0.3 is 12.1 Å². The van der Waals surface area contributed by atoms with Crippen molar-refractivity contribution >= 4 is 39.7 Å². The first-order valence-electron chi connectivity index (χ1n) is 16.1. The quantitative estimate of drug-likeness (QED) is 0.197. The molecule has 4 N–H and O–H groups in total. The molecule has 1 saturated heterocycles. The molecule has 7 rings (SSSR count). The molecule has 2 aromatic rings. The van der Waals surface area contributed by atoms with Crippen LogP contribution in [0.5, 0.6) is 0 Å². The van der Waals surface area contributed by atoms with Gasteiger partial charge < -0.3 is 19.8 Å². The Morgan fingerprint density at radius 3 is 2.12 bits per heavy atom. The second-order valence-electron chi connectivity index (χ2n) is 12.9. The molecular formula is C33H36N6O8S. The number of likely N-dealkylation sites (tertiary alicyclic amines) is 1. The lowest BCUT2D eigenvalue weighted by atomic mass is 9.96. The van der Waals surface area contributed by atoms with Crippen molar-refractivity contribution in [3.63, 3.8) is 0 Å². The van der Waals surface area contributed by atoms with E-state index in [2.05, 4.69) is 32.6 Å². The molecule has 4 atom stereocenters. The van der Waals surface area contributed by atoms with Gasteiger partial charge in [0, 0.05) is 23.5 Å². The van der Waals surface area contributed by atoms with E-state index in [0.29, 0.717) is 18.6 Å². The van der Waals surface area contributed by atoms with Gasteiger partial charge in [0.1, 0.15) is 29.5 Å². The number of hydrazine groups is 1. The van der Waals surface area contributed by atoms with Crippen LogP contribution >= 0.6 is 0 Å². The number of carbonyl (C=O) groups is 4. The average Bonchev–Trinajstić information content (AvgIpc) is 3.97. The number of hydrogen-bond acceptors (Lipinski definition) is 9. The van der Waals surface area contributed by atoms with Crippen molar-refractivity contribution in [2.24, 2.45) is 11.1 Å². The first kappa shape index (κ1) is 31.7. The topological polar surface area (TPSA) is 185 Å². The third-order valence-corrected chi connectivity index (χ3v) is 11.4. The molecule has 3 saturated carbocycles. The molecule has 252 valence electrons. The number of urea groups is 1. The lowest BCUT2D eigenvalue weighted by molar-refractivity contribution is -0.131. The van der Waals surface area contributed by atoms with E-state index in [4.69, 9.17) is 9.57 Å². The minimum atomic E-state index is -3.88. The third kappa shape index (κ3) is 5.98. The van der Waals surface area contributed by atoms with E-state index < -0.39 is 62.8 Å². The fraction of sp³-hybridized carbons (Fsp3) is 0.424. The molecule has 48 heavy (non-hydrogen) atoms. The van der Waals surface area contributed by atoms with Crippen molar-refractivity contribution in [1.29, 1.82) is 0 Å². The average molecular weight is 677 g/mol. The number of fused-ring (bicyclic) bond motifs is 3. The van der Waals surface area contributed by atoms with Gasteiger partial charge in [-0.1, -0.05) is 59.8 Å². The van der Waals surface area contributed by atoms with Crippen molar-refractivity contribution in [2.45, 2.75) is 74.0 Å². The minimum absolute atomic E-state index is 0.00265. The predicted molar refractivity (Wildman–Crippen MR) is 173 cm³/mol. The summed E-state index contributed by atoms with van der Waals surface area (Å²) in [5.74, 6) is -2.05. The van der Waals surface area contributed by atoms with Crippen LogP contribution in [0.3, 0.4) is 0 Å². The molecule has 1 heterocycles. The molecule has 2 unspecified atom stereocenters. The molecule has 0 radical (unpaired) electrons. The van der Waals surface area contributed by atoms with Crippen LogP contribution in [0.2, 0.25) is 0 Å². The van der Waals surface area contributed by atoms with E-state index in [1.54, 1.807) is 0 Å². The fourth-order valence-electron chi connectivity index (χ4n) is 6.43. The molecule has 0 spiro atoms. The standard InChI is InChI=1S/C33H36N6O8S/c1-2-19-17-33(19,30(41)38-48(44,45)22-14-15-22)34-29(40)27-16-21(18-39(27)31(42)35-36-32(43)46-20-8-7-9-20)47-37-28-25-12-5-3-10-23(25)24-11-4-6-13-26(24)28/h2-6,10-13,19-22,27H,1,7-9,14-18H2,(H,34,40)(H,35,42)(H,36,43)(H,38,41)/t19-,21?,27+,33?/m1/s1. The van der Waals surface area contributed by atoms with Crippen LogP contribution in [0.15, 0.2) is 66.3 Å². The molecule has 0 aromatic heterocycles. The SMILES string of the molecule is C=C[C@@H]1CC1(NC(=O)[C@@H]1CC(ON=C2c3ccccc3-c3ccccc32)CN1C(=O)NNC(=O)OC1CCC1)C(=O)NS(=O)(=O)C1CC1. The monoisotopic (exact) mass is 676 g/mol. The first-order valence-corrected chi connectivity index (χ1v) is 17.6. The van der Waals surface area contributed by atoms with Crippen LogP contribution < -0.4 is 20.9 Å². The normalized spacial score (nSPS) is 25.5. The number of benzene rings is 2. The Labute approximate surface area is 277 Å². The molecule has 15 heteroatoms. The third-order valence-electron chi connectivity index (χ3n) is 9.62. The number of ether oxygens (including phenoxy) is 1. The Kier molecular flexibility index (Phi) is 8.09. The lowest BCUT2D eigenvalue weighted by Gasteiger charge is -2.27. The lowest BCUT2D eigenvalue weighted by Crippen LogP contribution is -2.58. The van der Waals surface area contributed by atoms with Gasteiger partial charge in [0.05, 0.1) is 11.8 Å². The molecule has 1 aliphatic heterocycles. The van der Waals surface area contributed by atoms with E-state index in [1.807, 2.05) is 48.5 Å². The highest BCUT2D eigenvalue weighted by Crippen LogP contribution is 2.45. The summed E-state index contributed by atoms with van der Waals surface area (Å²) in [6.07, 6.45) is 3.23. The van der Waals surface area contributed by atoms with Crippen LogP contribution in [0.1, 0.15) is 56.1 Å². The van der Waals surface area contributed by atoms with Crippen LogP contribution in [-0.2, 0) is 29.2 Å². The minimum Gasteiger partial charge on any atom is -0.445 e. The number of oxime groups is 1. The maximum atomic E-state index is 13.9. The van der Waals surface area contributed by atoms with E-state index >= 15 is 0 Å². The van der Waals surface area contributed by atoms with Crippen molar-refractivity contribution in [2.75, 3.05) is 6.54 Å². The molecular weight excluding hydrogens is 640 g/mol. The molecule has 5 aliphatic rings. The number of sulfonamides is 1. The number of nitrogens with zero attached hydrogens (tertiary/aromatic N) is 2. The number of rotatable bonds is 9. The van der Waals surface area contributed by atoms with Crippen LogP contribution in [0, 0.1) is 5.92 Å². The number of amides is 5. The Morgan fingerprint density at radius 2 is 1.56 bits per heavy atom. The maximum Gasteiger partial charge on any atom is 0.426 e. The summed E-state index contributed by atoms with van der Waals surface area (Å²) < 4.78 is 32.4. The van der Waals surface area contributed by atoms with Gasteiger partial charge in [0.25, 0.3) is 5.91 Å². The van der Waals surface area contributed by atoms with Crippen LogP contribution in [0.4, 0.5) is 9.59 Å². The van der Waals surface area contributed by atoms with Crippen molar-refractivity contribution in [1.82, 2.24) is 25.8 Å². The summed E-state index contributed by atoms with van der Waals surface area (Å²) in [6, 6.07) is 13.6. The molecule has 14 nitrogen and oxygen atoms in total. The smallest absolute Gasteiger partial charge is 0.426 e. The summed E-state index contributed by atoms with van der Waals surface area (Å²) in [4.78, 5) is 59.9. The van der Waals surface area contributed by atoms with Gasteiger partial charge in [0.2, 0.25) is 15.9 Å². The highest BCUT2D eigenvalue weighted by atomic mass is 32.2. The van der Waals surface area contributed by atoms with Gasteiger partial charge in [-0.3, -0.25) is 14.3 Å². The second-order valence-corrected chi connectivity index (χ2v) is 14.8. The van der Waals surface area contributed by atoms with E-state index in [-0.39, 0.29) is 25.5 Å². The Hall–Kier alpha value is -4.92. The zero-order valence-corrected chi connectivity index (χ0v) is 26.8. The number of nitrogens with one attached hydrogen (secondary N) is 4. The highest BCUT2D eigenvalue weighted by molar-refractivity contribution is 7.91. The Morgan fingerprint density at radius 1 is 0.917 bits per heavy atom. The largest absolute Gasteiger partial charge is 0.445 e. The molecule has 4 aliphatic carbocycles. The Balaban J connectivity index is 1.09. The molecule has 5 amide bonds. The summed E-state index contributed by atoms with van der Waals surface area (Å²) in [6.45, 7) is 3.65. The zero-order chi connectivity index (χ0) is 33.6. The number of carbonyl (C=O) groups excluding carboxylic acids is 4. The summed E-state index contributed by atoms with van der Waals surface area (Å²) in [5, 5.41) is 6.58. The molecule has 2 aromatic carbocycles. The van der Waals surface area contributed by atoms with Crippen LogP contribution in [-0.4, -0.2) is 78.6 Å². The predicted octanol–water partition coefficient (Wildman–Crippen LogP) is 2.45. The van der Waals surface area contributed by atoms with Crippen molar-refractivity contribution in [3.8, 4) is 11.1 Å². The summed E-state index contributed by atoms with van der Waals surface area (Å²) >= 11 is 0. The second kappa shape index (κ2) is 12.3. The zero-order valence-electron chi connectivity index (χ0n) is 26.0. The molecule has 0 bridgehead atoms. The van der Waals surface area contributed by atoms with E-state index in [1.165, 1.54) is 11.0 Å². The van der Waals surface area contributed by atoms with Gasteiger partial charge in [0.15, 0.2) is 0 Å². The highest BCUT2D eigenvalue weighted by Gasteiger charge is 2.62. The molecule has 4 fully saturated rings. The number of hydrogen-bond donors (Lipinski definition) is 4. The maximum absolute atomic E-state index is 13.9. The van der Waals surface area contributed by atoms with Crippen LogP contribution in [0.25, 0.3) is 11.1 Å². The van der Waals surface area contributed by atoms with Gasteiger partial charge in [-0.05, 0) is 49.7 Å². The van der Waals surface area contributed by atoms with Crippen molar-refractivity contribution in [3.05, 3.63) is 72.3 Å². The van der Waals surface area contributed by atoms with Gasteiger partial charge in [-0.25, -0.2) is 28.9 Å². The fourth-order valence-corrected chi connectivity index (χ4v) is 7.80. The van der Waals surface area contributed by atoms with E-state index in [9.17, 15) is 27.6 Å².